The SMILES string of the molecule is CN(C)C[C@]1(C)Cc2cc(S(N)(=O)=O)sc2S1(=O)=O.Cl. The van der Waals surface area contributed by atoms with E-state index >= 15 is 0 Å². The van der Waals surface area contributed by atoms with Crippen molar-refractivity contribution in [2.24, 2.45) is 5.14 Å². The molecule has 116 valence electrons. The highest BCUT2D eigenvalue weighted by Crippen LogP contribution is 2.44. The lowest BCUT2D eigenvalue weighted by Crippen LogP contribution is -2.42. The fourth-order valence-electron chi connectivity index (χ4n) is 2.41. The van der Waals surface area contributed by atoms with Crippen LogP contribution in [0, 0.1) is 0 Å². The van der Waals surface area contributed by atoms with Gasteiger partial charge >= 0.3 is 0 Å². The number of rotatable bonds is 3. The van der Waals surface area contributed by atoms with Crippen LogP contribution in [0.4, 0.5) is 0 Å². The average Bonchev–Trinajstić information content (AvgIpc) is 2.65. The summed E-state index contributed by atoms with van der Waals surface area (Å²) in [6, 6.07) is 1.38. The molecule has 1 aromatic rings. The van der Waals surface area contributed by atoms with Crippen LogP contribution in [0.3, 0.4) is 0 Å². The molecule has 0 radical (unpaired) electrons. The largest absolute Gasteiger partial charge is 0.308 e. The number of hydrogen-bond acceptors (Lipinski definition) is 6. The molecular formula is C10H17ClN2O4S3. The van der Waals surface area contributed by atoms with E-state index in [1.165, 1.54) is 6.07 Å². The molecule has 20 heavy (non-hydrogen) atoms. The molecule has 0 fully saturated rings. The van der Waals surface area contributed by atoms with Crippen LogP contribution in [0.1, 0.15) is 12.5 Å². The molecule has 1 aromatic heterocycles. The van der Waals surface area contributed by atoms with E-state index < -0.39 is 24.6 Å². The van der Waals surface area contributed by atoms with Gasteiger partial charge in [-0.15, -0.1) is 23.7 Å². The van der Waals surface area contributed by atoms with E-state index in [9.17, 15) is 16.8 Å². The number of fused-ring (bicyclic) bond motifs is 1. The summed E-state index contributed by atoms with van der Waals surface area (Å²) in [5, 5.41) is 5.03. The summed E-state index contributed by atoms with van der Waals surface area (Å²) in [4.78, 5) is 1.81. The third kappa shape index (κ3) is 2.75. The number of primary sulfonamides is 1. The Kier molecular flexibility index (Phi) is 4.66. The minimum Gasteiger partial charge on any atom is -0.308 e. The highest BCUT2D eigenvalue weighted by Gasteiger charge is 2.49. The summed E-state index contributed by atoms with van der Waals surface area (Å²) in [6.45, 7) is 2.08. The van der Waals surface area contributed by atoms with Gasteiger partial charge in [-0.05, 0) is 39.1 Å². The van der Waals surface area contributed by atoms with E-state index in [1.54, 1.807) is 6.92 Å². The zero-order valence-corrected chi connectivity index (χ0v) is 14.5. The number of thiophene rings is 1. The zero-order valence-electron chi connectivity index (χ0n) is 11.3. The molecule has 0 saturated heterocycles. The lowest BCUT2D eigenvalue weighted by atomic mass is 10.0. The monoisotopic (exact) mass is 360 g/mol. The third-order valence-corrected chi connectivity index (χ3v) is 8.76. The lowest BCUT2D eigenvalue weighted by molar-refractivity contribution is 0.352. The Bertz CT molecular complexity index is 724. The molecule has 0 amide bonds. The molecule has 0 aromatic carbocycles. The van der Waals surface area contributed by atoms with Crippen LogP contribution in [0.25, 0.3) is 0 Å². The normalized spacial score (nSPS) is 24.4. The van der Waals surface area contributed by atoms with Gasteiger partial charge in [0.15, 0.2) is 9.84 Å². The van der Waals surface area contributed by atoms with Gasteiger partial charge in [0.2, 0.25) is 10.0 Å². The molecule has 1 atom stereocenters. The van der Waals surface area contributed by atoms with E-state index in [0.717, 1.165) is 11.3 Å². The average molecular weight is 361 g/mol. The van der Waals surface area contributed by atoms with Crippen molar-refractivity contribution in [1.82, 2.24) is 4.90 Å². The first-order chi connectivity index (χ1) is 8.47. The Labute approximate surface area is 129 Å². The van der Waals surface area contributed by atoms with E-state index in [2.05, 4.69) is 0 Å². The first kappa shape index (κ1) is 17.9. The number of sulfone groups is 1. The topological polar surface area (TPSA) is 97.5 Å². The molecular weight excluding hydrogens is 344 g/mol. The zero-order chi connectivity index (χ0) is 14.6. The molecule has 0 saturated carbocycles. The van der Waals surface area contributed by atoms with Gasteiger partial charge in [-0.1, -0.05) is 0 Å². The molecule has 0 bridgehead atoms. The van der Waals surface area contributed by atoms with Crippen LogP contribution < -0.4 is 5.14 Å². The van der Waals surface area contributed by atoms with E-state index in [-0.39, 0.29) is 20.8 Å². The lowest BCUT2D eigenvalue weighted by Gasteiger charge is -2.26. The van der Waals surface area contributed by atoms with Gasteiger partial charge in [0, 0.05) is 6.54 Å². The van der Waals surface area contributed by atoms with Crippen LogP contribution in [0.2, 0.25) is 0 Å². The van der Waals surface area contributed by atoms with E-state index in [1.807, 2.05) is 19.0 Å². The molecule has 2 N–H and O–H groups in total. The van der Waals surface area contributed by atoms with Crippen molar-refractivity contribution in [2.45, 2.75) is 26.5 Å². The maximum atomic E-state index is 12.5. The number of halogens is 1. The second-order valence-corrected chi connectivity index (χ2v) is 10.8. The van der Waals surface area contributed by atoms with Crippen molar-refractivity contribution in [2.75, 3.05) is 20.6 Å². The Balaban J connectivity index is 0.00000200. The van der Waals surface area contributed by atoms with Crippen LogP contribution in [0.5, 0.6) is 0 Å². The summed E-state index contributed by atoms with van der Waals surface area (Å²) in [6.07, 6.45) is 0.314. The Morgan fingerprint density at radius 1 is 1.45 bits per heavy atom. The van der Waals surface area contributed by atoms with E-state index in [0.29, 0.717) is 18.5 Å². The van der Waals surface area contributed by atoms with Gasteiger partial charge in [0.05, 0.1) is 4.75 Å². The van der Waals surface area contributed by atoms with Crippen molar-refractivity contribution in [3.8, 4) is 0 Å². The number of hydrogen-bond donors (Lipinski definition) is 1. The minimum absolute atomic E-state index is 0. The van der Waals surface area contributed by atoms with Crippen molar-refractivity contribution < 1.29 is 16.8 Å². The fraction of sp³-hybridized carbons (Fsp3) is 0.600. The van der Waals surface area contributed by atoms with Crippen molar-refractivity contribution in [3.05, 3.63) is 11.6 Å². The smallest absolute Gasteiger partial charge is 0.247 e. The predicted molar refractivity (Wildman–Crippen MR) is 80.8 cm³/mol. The first-order valence-corrected chi connectivity index (χ1v) is 9.37. The van der Waals surface area contributed by atoms with Crippen LogP contribution >= 0.6 is 23.7 Å². The summed E-state index contributed by atoms with van der Waals surface area (Å²) in [5.41, 5.74) is 0.554. The van der Waals surface area contributed by atoms with Gasteiger partial charge in [-0.2, -0.15) is 0 Å². The molecule has 1 aliphatic heterocycles. The van der Waals surface area contributed by atoms with Crippen molar-refractivity contribution >= 4 is 43.6 Å². The van der Waals surface area contributed by atoms with Crippen LogP contribution in [-0.4, -0.2) is 47.1 Å². The Morgan fingerprint density at radius 3 is 2.40 bits per heavy atom. The number of nitrogens with zero attached hydrogens (tertiary/aromatic N) is 1. The highest BCUT2D eigenvalue weighted by molar-refractivity contribution is 7.96. The quantitative estimate of drug-likeness (QED) is 0.844. The second-order valence-electron chi connectivity index (χ2n) is 5.29. The third-order valence-electron chi connectivity index (χ3n) is 3.14. The first-order valence-electron chi connectivity index (χ1n) is 5.52. The van der Waals surface area contributed by atoms with Gasteiger partial charge in [0.1, 0.15) is 8.42 Å². The Hall–Kier alpha value is -0.190. The van der Waals surface area contributed by atoms with Crippen LogP contribution in [-0.2, 0) is 26.3 Å². The fourth-order valence-corrected chi connectivity index (χ4v) is 7.24. The molecule has 6 nitrogen and oxygen atoms in total. The van der Waals surface area contributed by atoms with Crippen molar-refractivity contribution in [3.63, 3.8) is 0 Å². The van der Waals surface area contributed by atoms with Crippen molar-refractivity contribution in [1.29, 1.82) is 0 Å². The summed E-state index contributed by atoms with van der Waals surface area (Å²) in [5.74, 6) is 0. The second kappa shape index (κ2) is 5.22. The minimum atomic E-state index is -3.85. The molecule has 0 unspecified atom stereocenters. The van der Waals surface area contributed by atoms with Gasteiger partial charge in [-0.25, -0.2) is 22.0 Å². The maximum Gasteiger partial charge on any atom is 0.247 e. The predicted octanol–water partition coefficient (Wildman–Crippen LogP) is 0.467. The Morgan fingerprint density at radius 2 is 2.00 bits per heavy atom. The molecule has 2 rings (SSSR count). The van der Waals surface area contributed by atoms with Crippen LogP contribution in [0.15, 0.2) is 14.5 Å². The molecule has 0 spiro atoms. The highest BCUT2D eigenvalue weighted by atomic mass is 35.5. The molecule has 0 aliphatic carbocycles. The van der Waals surface area contributed by atoms with E-state index in [4.69, 9.17) is 5.14 Å². The molecule has 2 heterocycles. The number of nitrogens with two attached hydrogens (primary N) is 1. The molecule has 1 aliphatic rings. The maximum absolute atomic E-state index is 12.5. The van der Waals surface area contributed by atoms with Gasteiger partial charge in [-0.3, -0.25) is 0 Å². The number of sulfonamides is 1. The summed E-state index contributed by atoms with van der Waals surface area (Å²) >= 11 is 0.746. The molecule has 10 heteroatoms. The van der Waals surface area contributed by atoms with Gasteiger partial charge in [0.25, 0.3) is 0 Å². The van der Waals surface area contributed by atoms with Gasteiger partial charge < -0.3 is 4.90 Å². The summed E-state index contributed by atoms with van der Waals surface area (Å²) in [7, 11) is -3.75. The summed E-state index contributed by atoms with van der Waals surface area (Å²) < 4.78 is 46.7. The standard InChI is InChI=1S/C10H16N2O4S3.ClH/c1-10(6-12(2)3)5-7-4-8(19(11,15)16)17-9(7)18(10,13)14;/h4H,5-6H2,1-3H3,(H2,11,15,16);1H/t10-;/m0./s1.